The molecule has 1 aromatic carbocycles. The van der Waals surface area contributed by atoms with E-state index in [1.54, 1.807) is 7.11 Å². The van der Waals surface area contributed by atoms with Gasteiger partial charge in [-0.15, -0.1) is 0 Å². The van der Waals surface area contributed by atoms with Crippen molar-refractivity contribution >= 4 is 5.78 Å². The fourth-order valence-corrected chi connectivity index (χ4v) is 2.06. The van der Waals surface area contributed by atoms with Crippen LogP contribution in [-0.2, 0) is 0 Å². The molecule has 0 aromatic heterocycles. The van der Waals surface area contributed by atoms with E-state index in [1.807, 2.05) is 33.8 Å². The van der Waals surface area contributed by atoms with Crippen LogP contribution in [0, 0.1) is 20.8 Å². The Morgan fingerprint density at radius 3 is 2.41 bits per heavy atom. The third-order valence-electron chi connectivity index (χ3n) is 3.04. The van der Waals surface area contributed by atoms with Crippen molar-refractivity contribution < 1.29 is 9.53 Å². The molecule has 3 nitrogen and oxygen atoms in total. The molecular formula is C14H21NO2. The van der Waals surface area contributed by atoms with Crippen molar-refractivity contribution in [2.24, 2.45) is 5.73 Å². The summed E-state index contributed by atoms with van der Waals surface area (Å²) in [5.41, 5.74) is 9.43. The number of methoxy groups -OCH3 is 1. The Kier molecular flexibility index (Phi) is 4.29. The van der Waals surface area contributed by atoms with Gasteiger partial charge in [0.1, 0.15) is 5.75 Å². The van der Waals surface area contributed by atoms with Gasteiger partial charge in [0, 0.05) is 18.0 Å². The Morgan fingerprint density at radius 1 is 1.35 bits per heavy atom. The molecule has 0 aliphatic rings. The Balaban J connectivity index is 3.23. The maximum absolute atomic E-state index is 12.1. The number of Topliss-reactive ketones (excluding diaryl/α,β-unsaturated/α-hetero) is 1. The van der Waals surface area contributed by atoms with Crippen LogP contribution in [0.4, 0.5) is 0 Å². The van der Waals surface area contributed by atoms with E-state index in [9.17, 15) is 4.79 Å². The number of hydrogen-bond acceptors (Lipinski definition) is 3. The van der Waals surface area contributed by atoms with E-state index in [0.717, 1.165) is 28.0 Å². The first-order valence-electron chi connectivity index (χ1n) is 5.82. The molecule has 2 N–H and O–H groups in total. The lowest BCUT2D eigenvalue weighted by atomic mass is 9.94. The third kappa shape index (κ3) is 2.86. The molecule has 3 heteroatoms. The van der Waals surface area contributed by atoms with Gasteiger partial charge in [-0.05, 0) is 50.5 Å². The van der Waals surface area contributed by atoms with Gasteiger partial charge in [0.2, 0.25) is 0 Å². The summed E-state index contributed by atoms with van der Waals surface area (Å²) < 4.78 is 5.34. The molecule has 0 aliphatic heterocycles. The molecule has 0 radical (unpaired) electrons. The van der Waals surface area contributed by atoms with E-state index < -0.39 is 0 Å². The lowest BCUT2D eigenvalue weighted by Gasteiger charge is -2.15. The predicted octanol–water partition coefficient (Wildman–Crippen LogP) is 2.54. The quantitative estimate of drug-likeness (QED) is 0.816. The number of hydrogen-bond donors (Lipinski definition) is 1. The first kappa shape index (κ1) is 13.7. The lowest BCUT2D eigenvalue weighted by Crippen LogP contribution is -2.20. The normalized spacial score (nSPS) is 12.4. The van der Waals surface area contributed by atoms with Gasteiger partial charge in [0.15, 0.2) is 5.78 Å². The van der Waals surface area contributed by atoms with Gasteiger partial charge in [-0.2, -0.15) is 0 Å². The molecule has 0 bridgehead atoms. The van der Waals surface area contributed by atoms with Crippen molar-refractivity contribution in [2.75, 3.05) is 7.11 Å². The van der Waals surface area contributed by atoms with Gasteiger partial charge in [-0.1, -0.05) is 0 Å². The Labute approximate surface area is 103 Å². The second-order valence-corrected chi connectivity index (χ2v) is 4.63. The molecule has 0 spiro atoms. The molecule has 0 heterocycles. The van der Waals surface area contributed by atoms with Crippen LogP contribution in [0.25, 0.3) is 0 Å². The highest BCUT2D eigenvalue weighted by Gasteiger charge is 2.16. The second-order valence-electron chi connectivity index (χ2n) is 4.63. The molecule has 1 atom stereocenters. The zero-order chi connectivity index (χ0) is 13.2. The van der Waals surface area contributed by atoms with Crippen LogP contribution in [-0.4, -0.2) is 18.9 Å². The van der Waals surface area contributed by atoms with Gasteiger partial charge < -0.3 is 10.5 Å². The number of ketones is 1. The van der Waals surface area contributed by atoms with E-state index in [0.29, 0.717) is 6.42 Å². The fraction of sp³-hybridized carbons (Fsp3) is 0.500. The van der Waals surface area contributed by atoms with Gasteiger partial charge in [-0.3, -0.25) is 4.79 Å². The first-order chi connectivity index (χ1) is 7.88. The van der Waals surface area contributed by atoms with Crippen molar-refractivity contribution in [1.29, 1.82) is 0 Å². The van der Waals surface area contributed by atoms with Crippen molar-refractivity contribution in [3.8, 4) is 5.75 Å². The number of nitrogens with two attached hydrogens (primary N) is 1. The number of carbonyl (C=O) groups is 1. The van der Waals surface area contributed by atoms with E-state index in [1.165, 1.54) is 0 Å². The number of carbonyl (C=O) groups excluding carboxylic acids is 1. The number of rotatable bonds is 4. The average molecular weight is 235 g/mol. The third-order valence-corrected chi connectivity index (χ3v) is 3.04. The summed E-state index contributed by atoms with van der Waals surface area (Å²) in [6.45, 7) is 7.72. The summed E-state index contributed by atoms with van der Waals surface area (Å²) in [6, 6.07) is 1.79. The molecule has 94 valence electrons. The highest BCUT2D eigenvalue weighted by Crippen LogP contribution is 2.29. The Bertz CT molecular complexity index is 436. The van der Waals surface area contributed by atoms with Crippen LogP contribution in [0.5, 0.6) is 5.75 Å². The van der Waals surface area contributed by atoms with Crippen LogP contribution in [0.15, 0.2) is 6.07 Å². The van der Waals surface area contributed by atoms with E-state index >= 15 is 0 Å². The summed E-state index contributed by atoms with van der Waals surface area (Å²) >= 11 is 0. The summed E-state index contributed by atoms with van der Waals surface area (Å²) in [4.78, 5) is 12.1. The maximum Gasteiger partial charge on any atom is 0.164 e. The minimum Gasteiger partial charge on any atom is -0.496 e. The minimum absolute atomic E-state index is 0.103. The fourth-order valence-electron chi connectivity index (χ4n) is 2.06. The molecule has 0 saturated carbocycles. The first-order valence-corrected chi connectivity index (χ1v) is 5.82. The SMILES string of the molecule is COc1c(C)cc(C(=O)CC(C)N)c(C)c1C. The van der Waals surface area contributed by atoms with E-state index in [-0.39, 0.29) is 11.8 Å². The number of ether oxygens (including phenoxy) is 1. The number of benzene rings is 1. The molecular weight excluding hydrogens is 214 g/mol. The van der Waals surface area contributed by atoms with Crippen molar-refractivity contribution in [1.82, 2.24) is 0 Å². The molecule has 17 heavy (non-hydrogen) atoms. The van der Waals surface area contributed by atoms with Crippen LogP contribution in [0.2, 0.25) is 0 Å². The maximum atomic E-state index is 12.1. The zero-order valence-corrected chi connectivity index (χ0v) is 11.3. The second kappa shape index (κ2) is 5.32. The number of aryl methyl sites for hydroxylation is 1. The van der Waals surface area contributed by atoms with Crippen molar-refractivity contribution in [3.05, 3.63) is 28.3 Å². The average Bonchev–Trinajstić information content (AvgIpc) is 2.23. The highest BCUT2D eigenvalue weighted by molar-refractivity contribution is 5.98. The zero-order valence-electron chi connectivity index (χ0n) is 11.3. The summed E-state index contributed by atoms with van der Waals surface area (Å²) in [5, 5.41) is 0. The topological polar surface area (TPSA) is 52.3 Å². The molecule has 1 unspecified atom stereocenters. The van der Waals surface area contributed by atoms with Gasteiger partial charge in [0.05, 0.1) is 7.11 Å². The van der Waals surface area contributed by atoms with Crippen molar-refractivity contribution in [3.63, 3.8) is 0 Å². The highest BCUT2D eigenvalue weighted by atomic mass is 16.5. The molecule has 0 saturated heterocycles. The predicted molar refractivity (Wildman–Crippen MR) is 69.8 cm³/mol. The Morgan fingerprint density at radius 2 is 1.94 bits per heavy atom. The van der Waals surface area contributed by atoms with Gasteiger partial charge in [-0.25, -0.2) is 0 Å². The summed E-state index contributed by atoms with van der Waals surface area (Å²) in [7, 11) is 1.65. The lowest BCUT2D eigenvalue weighted by molar-refractivity contribution is 0.0976. The molecule has 1 aromatic rings. The van der Waals surface area contributed by atoms with E-state index in [4.69, 9.17) is 10.5 Å². The largest absolute Gasteiger partial charge is 0.496 e. The van der Waals surface area contributed by atoms with Crippen LogP contribution >= 0.6 is 0 Å². The molecule has 0 amide bonds. The standard InChI is InChI=1S/C14H21NO2/c1-8-6-12(13(16)7-9(2)15)10(3)11(4)14(8)17-5/h6,9H,7,15H2,1-5H3. The van der Waals surface area contributed by atoms with Crippen molar-refractivity contribution in [2.45, 2.75) is 40.2 Å². The molecule has 0 fully saturated rings. The van der Waals surface area contributed by atoms with Crippen LogP contribution < -0.4 is 10.5 Å². The van der Waals surface area contributed by atoms with Gasteiger partial charge in [0.25, 0.3) is 0 Å². The summed E-state index contributed by atoms with van der Waals surface area (Å²) in [5.74, 6) is 0.964. The van der Waals surface area contributed by atoms with Crippen LogP contribution in [0.3, 0.4) is 0 Å². The van der Waals surface area contributed by atoms with Crippen LogP contribution in [0.1, 0.15) is 40.4 Å². The summed E-state index contributed by atoms with van der Waals surface area (Å²) in [6.07, 6.45) is 0.381. The monoisotopic (exact) mass is 235 g/mol. The molecule has 1 rings (SSSR count). The smallest absolute Gasteiger partial charge is 0.164 e. The van der Waals surface area contributed by atoms with Gasteiger partial charge >= 0.3 is 0 Å². The minimum atomic E-state index is -0.107. The molecule has 0 aliphatic carbocycles. The van der Waals surface area contributed by atoms with E-state index in [2.05, 4.69) is 0 Å². The Hall–Kier alpha value is -1.35.